The van der Waals surface area contributed by atoms with E-state index in [1.165, 1.54) is 88.2 Å². The molecule has 0 aromatic heterocycles. The molecule has 6 aliphatic rings. The van der Waals surface area contributed by atoms with Gasteiger partial charge in [-0.2, -0.15) is 29.3 Å². The smallest absolute Gasteiger partial charge is 0.172 e. The molecule has 2 atom stereocenters. The van der Waals surface area contributed by atoms with Crippen LogP contribution in [0.25, 0.3) is 5.57 Å². The van der Waals surface area contributed by atoms with Crippen LogP contribution in [0.4, 0.5) is 0 Å². The summed E-state index contributed by atoms with van der Waals surface area (Å²) >= 11 is 1.74. The Balaban J connectivity index is 0.000000223. The van der Waals surface area contributed by atoms with Crippen molar-refractivity contribution in [1.29, 1.82) is 0 Å². The fraction of sp³-hybridized carbons (Fsp3) is 0.596. The van der Waals surface area contributed by atoms with Crippen LogP contribution in [0, 0.1) is 45.3 Å². The maximum absolute atomic E-state index is 2.62. The minimum Gasteiger partial charge on any atom is -0.214 e. The van der Waals surface area contributed by atoms with Crippen molar-refractivity contribution in [2.24, 2.45) is 39.4 Å². The molecular weight excluding hydrogens is 727 g/mol. The second kappa shape index (κ2) is 16.6. The fourth-order valence-corrected chi connectivity index (χ4v) is 12.5. The van der Waals surface area contributed by atoms with E-state index in [1.54, 1.807) is 52.4 Å². The minimum absolute atomic E-state index is 0. The molecule has 2 aromatic carbocycles. The number of hydrogen-bond acceptors (Lipinski definition) is 0. The summed E-state index contributed by atoms with van der Waals surface area (Å²) in [5, 5.41) is 0. The van der Waals surface area contributed by atoms with Gasteiger partial charge in [-0.15, -0.1) is 6.92 Å². The molecule has 0 radical (unpaired) electrons. The molecule has 3 heteroatoms. The Hall–Kier alpha value is -1.01. The van der Waals surface area contributed by atoms with Crippen LogP contribution >= 0.6 is 0 Å². The van der Waals surface area contributed by atoms with Gasteiger partial charge in [0, 0.05) is 0 Å². The number of halogens is 2. The van der Waals surface area contributed by atoms with Crippen LogP contribution in [-0.2, 0) is 30.7 Å². The van der Waals surface area contributed by atoms with Crippen molar-refractivity contribution in [2.75, 3.05) is 0 Å². The van der Waals surface area contributed by atoms with Gasteiger partial charge in [0.15, 0.2) is 0 Å². The van der Waals surface area contributed by atoms with Gasteiger partial charge in [-0.25, -0.2) is 18.1 Å². The molecule has 2 aromatic rings. The molecule has 0 N–H and O–H groups in total. The molecule has 0 amide bonds. The van der Waals surface area contributed by atoms with Crippen LogP contribution in [-0.4, -0.2) is 3.21 Å². The van der Waals surface area contributed by atoms with Crippen LogP contribution in [0.2, 0.25) is 0 Å². The maximum Gasteiger partial charge on any atom is -0.172 e. The van der Waals surface area contributed by atoms with E-state index < -0.39 is 0 Å². The van der Waals surface area contributed by atoms with Gasteiger partial charge < -0.3 is 24.8 Å². The first kappa shape index (κ1) is 41.7. The van der Waals surface area contributed by atoms with E-state index in [-0.39, 0.29) is 46.5 Å². The SMILES string of the molecule is C[C-]1C2=C3Cc4ccccc4C3=C3C=CCCC3C2(C)C(C)(C)C(C)(C)C1(C)C.[Cl-].[Cl-].[Zr+2]=[C](CC1CCCC1)CC1CCCC1.c1cc[cH-]c1. The van der Waals surface area contributed by atoms with E-state index in [1.807, 2.05) is 33.5 Å². The number of rotatable bonds is 4. The normalized spacial score (nSPS) is 27.0. The molecule has 272 valence electrons. The van der Waals surface area contributed by atoms with E-state index in [0.717, 1.165) is 18.3 Å². The second-order valence-corrected chi connectivity index (χ2v) is 19.8. The van der Waals surface area contributed by atoms with E-state index in [9.17, 15) is 0 Å². The number of fused-ring (bicyclic) bond motifs is 6. The number of allylic oxidation sites excluding steroid dienone is 6. The summed E-state index contributed by atoms with van der Waals surface area (Å²) in [5.74, 6) is 4.42. The minimum atomic E-state index is 0. The van der Waals surface area contributed by atoms with E-state index in [2.05, 4.69) is 91.8 Å². The molecular formula is C47H64Cl2Zr-2. The van der Waals surface area contributed by atoms with Crippen LogP contribution in [0.15, 0.2) is 83.5 Å². The first-order valence-corrected chi connectivity index (χ1v) is 20.9. The average molecular weight is 791 g/mol. The van der Waals surface area contributed by atoms with Gasteiger partial charge >= 0.3 is 103 Å². The van der Waals surface area contributed by atoms with Gasteiger partial charge in [0.25, 0.3) is 0 Å². The molecule has 0 saturated heterocycles. The van der Waals surface area contributed by atoms with Crippen molar-refractivity contribution in [3.05, 3.63) is 101 Å². The van der Waals surface area contributed by atoms with Crippen molar-refractivity contribution in [3.63, 3.8) is 0 Å². The van der Waals surface area contributed by atoms with Crippen LogP contribution < -0.4 is 24.8 Å². The van der Waals surface area contributed by atoms with Crippen molar-refractivity contribution in [3.8, 4) is 0 Å². The summed E-state index contributed by atoms with van der Waals surface area (Å²) in [4.78, 5) is 0. The van der Waals surface area contributed by atoms with Gasteiger partial charge in [0.2, 0.25) is 0 Å². The predicted molar refractivity (Wildman–Crippen MR) is 205 cm³/mol. The molecule has 0 bridgehead atoms. The fourth-order valence-electron chi connectivity index (χ4n) is 11.1. The van der Waals surface area contributed by atoms with Crippen molar-refractivity contribution >= 4 is 8.78 Å². The Morgan fingerprint density at radius 2 is 1.34 bits per heavy atom. The van der Waals surface area contributed by atoms with E-state index >= 15 is 0 Å². The molecule has 6 aliphatic carbocycles. The number of hydrogen-bond donors (Lipinski definition) is 0. The average Bonchev–Trinajstić information content (AvgIpc) is 3.89. The molecule has 0 heterocycles. The van der Waals surface area contributed by atoms with E-state index in [0.29, 0.717) is 5.92 Å². The third-order valence-corrected chi connectivity index (χ3v) is 16.4. The van der Waals surface area contributed by atoms with Crippen LogP contribution in [0.5, 0.6) is 0 Å². The first-order valence-electron chi connectivity index (χ1n) is 19.6. The van der Waals surface area contributed by atoms with Crippen molar-refractivity contribution in [2.45, 2.75) is 139 Å². The van der Waals surface area contributed by atoms with Gasteiger partial charge in [0.05, 0.1) is 0 Å². The number of benzene rings is 1. The zero-order chi connectivity index (χ0) is 34.3. The zero-order valence-electron chi connectivity index (χ0n) is 32.5. The summed E-state index contributed by atoms with van der Waals surface area (Å²) in [6.07, 6.45) is 23.7. The third-order valence-electron chi connectivity index (χ3n) is 15.4. The first-order chi connectivity index (χ1) is 22.8. The molecule has 0 nitrogen and oxygen atoms in total. The Labute approximate surface area is 334 Å². The van der Waals surface area contributed by atoms with Crippen LogP contribution in [0.1, 0.15) is 144 Å². The zero-order valence-corrected chi connectivity index (χ0v) is 36.5. The second-order valence-electron chi connectivity index (χ2n) is 18.0. The van der Waals surface area contributed by atoms with Crippen molar-refractivity contribution in [1.82, 2.24) is 0 Å². The molecule has 0 spiro atoms. The molecule has 8 rings (SSSR count). The van der Waals surface area contributed by atoms with Crippen LogP contribution in [0.3, 0.4) is 0 Å². The quantitative estimate of drug-likeness (QED) is 0.287. The summed E-state index contributed by atoms with van der Waals surface area (Å²) < 4.78 is 1.90. The summed E-state index contributed by atoms with van der Waals surface area (Å²) in [6.45, 7) is 20.3. The predicted octanol–water partition coefficient (Wildman–Crippen LogP) is 7.25. The Morgan fingerprint density at radius 1 is 0.780 bits per heavy atom. The topological polar surface area (TPSA) is 0 Å². The van der Waals surface area contributed by atoms with Crippen molar-refractivity contribution < 1.29 is 49.0 Å². The molecule has 2 unspecified atom stereocenters. The summed E-state index contributed by atoms with van der Waals surface area (Å²) in [6, 6.07) is 19.2. The monoisotopic (exact) mass is 788 g/mol. The molecule has 3 fully saturated rings. The summed E-state index contributed by atoms with van der Waals surface area (Å²) in [7, 11) is 0. The molecule has 3 saturated carbocycles. The Morgan fingerprint density at radius 3 is 1.88 bits per heavy atom. The Bertz CT molecular complexity index is 1500. The molecule has 0 aliphatic heterocycles. The summed E-state index contributed by atoms with van der Waals surface area (Å²) in [5.41, 5.74) is 10.3. The van der Waals surface area contributed by atoms with E-state index in [4.69, 9.17) is 0 Å². The van der Waals surface area contributed by atoms with Gasteiger partial charge in [-0.3, -0.25) is 0 Å². The van der Waals surface area contributed by atoms with Gasteiger partial charge in [0.1, 0.15) is 0 Å². The standard InChI is InChI=1S/C29H37.C13H22.C5H5.2ClH.Zr/c1-18-25-22-17-19-13-9-10-14-20(19)24(22)21-15-11-12-16-23(21)29(25,8)28(6,7)27(4,5)26(18,2)3;1-2-7-12(6-1)10-5-11-13-8-3-4-9-13;1-2-4-5-3-1;;;/h9-11,13-15,23H,12,16-17H2,1-8H3;12-13H,1-4,6-11H2;1-5H;2*1H;/q-1;;-1;;;+2/p-2. The van der Waals surface area contributed by atoms with Gasteiger partial charge in [-0.1, -0.05) is 113 Å². The van der Waals surface area contributed by atoms with Gasteiger partial charge in [-0.05, 0) is 40.6 Å². The maximum atomic E-state index is 2.62. The largest absolute Gasteiger partial charge is 0.214 e. The third kappa shape index (κ3) is 7.26. The molecule has 50 heavy (non-hydrogen) atoms. The Kier molecular flexibility index (Phi) is 13.8.